The van der Waals surface area contributed by atoms with Gasteiger partial charge in [-0.15, -0.1) is 0 Å². The Morgan fingerprint density at radius 3 is 1.63 bits per heavy atom. The Balaban J connectivity index is 3.22. The highest BCUT2D eigenvalue weighted by molar-refractivity contribution is 5.66. The average Bonchev–Trinajstić information content (AvgIpc) is 2.33. The van der Waals surface area contributed by atoms with Crippen LogP contribution < -0.4 is 5.73 Å². The lowest BCUT2D eigenvalue weighted by Gasteiger charge is -2.10. The molecule has 112 valence electrons. The first-order valence-corrected chi connectivity index (χ1v) is 7.21. The highest BCUT2D eigenvalue weighted by Gasteiger charge is 2.04. The van der Waals surface area contributed by atoms with E-state index >= 15 is 0 Å². The molecule has 0 aliphatic heterocycles. The molecule has 0 aliphatic rings. The fourth-order valence-electron chi connectivity index (χ4n) is 2.04. The largest absolute Gasteiger partial charge is 0.481 e. The first-order chi connectivity index (χ1) is 9.02. The Hall–Kier alpha value is -1.10. The maximum atomic E-state index is 10.3. The van der Waals surface area contributed by atoms with Gasteiger partial charge in [-0.25, -0.2) is 0 Å². The zero-order valence-electron chi connectivity index (χ0n) is 11.6. The molecule has 0 spiro atoms. The van der Waals surface area contributed by atoms with Gasteiger partial charge in [0.05, 0.1) is 0 Å². The van der Waals surface area contributed by atoms with Gasteiger partial charge in [-0.05, 0) is 25.7 Å². The lowest BCUT2D eigenvalue weighted by Crippen LogP contribution is -2.19. The molecule has 0 saturated carbocycles. The summed E-state index contributed by atoms with van der Waals surface area (Å²) in [4.78, 5) is 20.6. The van der Waals surface area contributed by atoms with Crippen LogP contribution in [0.5, 0.6) is 0 Å². The summed E-state index contributed by atoms with van der Waals surface area (Å²) in [6.07, 6.45) is 8.94. The van der Waals surface area contributed by atoms with E-state index in [1.807, 2.05) is 0 Å². The van der Waals surface area contributed by atoms with E-state index in [0.717, 1.165) is 51.4 Å². The normalized spacial score (nSPS) is 12.3. The third-order valence-corrected chi connectivity index (χ3v) is 3.18. The maximum Gasteiger partial charge on any atom is 0.303 e. The lowest BCUT2D eigenvalue weighted by molar-refractivity contribution is -0.138. The number of nitrogens with two attached hydrogens (primary N) is 1. The van der Waals surface area contributed by atoms with Crippen LogP contribution in [0.1, 0.15) is 70.6 Å². The lowest BCUT2D eigenvalue weighted by atomic mass is 10.0. The number of carbonyl (C=O) groups is 2. The number of rotatable bonds is 13. The predicted octanol–water partition coefficient (Wildman–Crippen LogP) is 2.77. The van der Waals surface area contributed by atoms with Gasteiger partial charge in [0.25, 0.3) is 0 Å². The third kappa shape index (κ3) is 14.8. The first kappa shape index (κ1) is 17.9. The van der Waals surface area contributed by atoms with Crippen LogP contribution in [-0.2, 0) is 9.59 Å². The Bertz CT molecular complexity index is 256. The molecule has 0 saturated heterocycles. The van der Waals surface area contributed by atoms with E-state index in [2.05, 4.69) is 0 Å². The van der Waals surface area contributed by atoms with Crippen LogP contribution in [0.25, 0.3) is 0 Å². The quantitative estimate of drug-likeness (QED) is 0.448. The van der Waals surface area contributed by atoms with Crippen LogP contribution in [0.3, 0.4) is 0 Å². The Kier molecular flexibility index (Phi) is 11.3. The molecule has 0 fully saturated rings. The molecule has 0 aromatic heterocycles. The molecule has 5 nitrogen and oxygen atoms in total. The van der Waals surface area contributed by atoms with Crippen LogP contribution in [0, 0.1) is 0 Å². The van der Waals surface area contributed by atoms with Gasteiger partial charge in [-0.2, -0.15) is 0 Å². The number of hydrogen-bond acceptors (Lipinski definition) is 3. The Morgan fingerprint density at radius 2 is 1.11 bits per heavy atom. The summed E-state index contributed by atoms with van der Waals surface area (Å²) in [6.45, 7) is 0. The molecule has 4 N–H and O–H groups in total. The van der Waals surface area contributed by atoms with Crippen molar-refractivity contribution >= 4 is 11.9 Å². The van der Waals surface area contributed by atoms with E-state index < -0.39 is 11.9 Å². The monoisotopic (exact) mass is 273 g/mol. The highest BCUT2D eigenvalue weighted by atomic mass is 16.4. The van der Waals surface area contributed by atoms with Crippen LogP contribution in [-0.4, -0.2) is 28.2 Å². The topological polar surface area (TPSA) is 101 Å². The molecule has 0 radical (unpaired) electrons. The van der Waals surface area contributed by atoms with Gasteiger partial charge >= 0.3 is 11.9 Å². The Labute approximate surface area is 115 Å². The number of unbranched alkanes of at least 4 members (excludes halogenated alkanes) is 5. The number of carboxylic acids is 2. The molecular weight excluding hydrogens is 246 g/mol. The van der Waals surface area contributed by atoms with E-state index in [1.54, 1.807) is 0 Å². The SMILES string of the molecule is NC(CCCCCCCC(=O)O)CCCCC(=O)O. The molecule has 5 heteroatoms. The summed E-state index contributed by atoms with van der Waals surface area (Å²) in [5, 5.41) is 17.0. The third-order valence-electron chi connectivity index (χ3n) is 3.18. The fourth-order valence-corrected chi connectivity index (χ4v) is 2.04. The summed E-state index contributed by atoms with van der Waals surface area (Å²) in [6, 6.07) is 0.174. The van der Waals surface area contributed by atoms with Crippen molar-refractivity contribution in [3.8, 4) is 0 Å². The van der Waals surface area contributed by atoms with Gasteiger partial charge in [0.1, 0.15) is 0 Å². The average molecular weight is 273 g/mol. The summed E-state index contributed by atoms with van der Waals surface area (Å²) < 4.78 is 0. The minimum atomic E-state index is -0.741. The van der Waals surface area contributed by atoms with Gasteiger partial charge in [-0.1, -0.05) is 32.1 Å². The molecule has 0 aromatic carbocycles. The minimum Gasteiger partial charge on any atom is -0.481 e. The van der Waals surface area contributed by atoms with Gasteiger partial charge in [-0.3, -0.25) is 9.59 Å². The van der Waals surface area contributed by atoms with Crippen molar-refractivity contribution in [2.24, 2.45) is 5.73 Å². The fraction of sp³-hybridized carbons (Fsp3) is 0.857. The molecule has 0 aliphatic carbocycles. The van der Waals surface area contributed by atoms with Crippen molar-refractivity contribution in [1.82, 2.24) is 0 Å². The zero-order valence-corrected chi connectivity index (χ0v) is 11.6. The zero-order chi connectivity index (χ0) is 14.5. The molecule has 1 unspecified atom stereocenters. The van der Waals surface area contributed by atoms with Crippen LogP contribution in [0.2, 0.25) is 0 Å². The van der Waals surface area contributed by atoms with Crippen LogP contribution in [0.15, 0.2) is 0 Å². The van der Waals surface area contributed by atoms with Crippen LogP contribution >= 0.6 is 0 Å². The van der Waals surface area contributed by atoms with E-state index in [1.165, 1.54) is 0 Å². The van der Waals surface area contributed by atoms with Gasteiger partial charge in [0.15, 0.2) is 0 Å². The van der Waals surface area contributed by atoms with E-state index in [-0.39, 0.29) is 18.9 Å². The molecule has 0 aromatic rings. The van der Waals surface area contributed by atoms with E-state index in [0.29, 0.717) is 6.42 Å². The summed E-state index contributed by atoms with van der Waals surface area (Å²) >= 11 is 0. The number of hydrogen-bond donors (Lipinski definition) is 3. The molecule has 0 bridgehead atoms. The molecule has 19 heavy (non-hydrogen) atoms. The maximum absolute atomic E-state index is 10.3. The van der Waals surface area contributed by atoms with E-state index in [9.17, 15) is 9.59 Å². The van der Waals surface area contributed by atoms with Gasteiger partial charge in [0.2, 0.25) is 0 Å². The molecule has 0 rings (SSSR count). The van der Waals surface area contributed by atoms with Crippen molar-refractivity contribution in [3.05, 3.63) is 0 Å². The van der Waals surface area contributed by atoms with Crippen LogP contribution in [0.4, 0.5) is 0 Å². The van der Waals surface area contributed by atoms with Crippen molar-refractivity contribution in [2.45, 2.75) is 76.7 Å². The second kappa shape index (κ2) is 12.0. The van der Waals surface area contributed by atoms with E-state index in [4.69, 9.17) is 15.9 Å². The smallest absolute Gasteiger partial charge is 0.303 e. The highest BCUT2D eigenvalue weighted by Crippen LogP contribution is 2.11. The molecular formula is C14H27NO4. The summed E-state index contributed by atoms with van der Waals surface area (Å²) in [7, 11) is 0. The van der Waals surface area contributed by atoms with Crippen molar-refractivity contribution < 1.29 is 19.8 Å². The summed E-state index contributed by atoms with van der Waals surface area (Å²) in [5.41, 5.74) is 5.95. The van der Waals surface area contributed by atoms with Crippen molar-refractivity contribution in [1.29, 1.82) is 0 Å². The van der Waals surface area contributed by atoms with Gasteiger partial charge in [0, 0.05) is 18.9 Å². The standard InChI is InChI=1S/C14H27NO4/c15-12(9-6-7-11-14(18)19)8-4-2-1-3-5-10-13(16)17/h12H,1-11,15H2,(H,16,17)(H,18,19). The first-order valence-electron chi connectivity index (χ1n) is 7.21. The molecule has 0 amide bonds. The van der Waals surface area contributed by atoms with Crippen molar-refractivity contribution in [2.75, 3.05) is 0 Å². The van der Waals surface area contributed by atoms with Crippen molar-refractivity contribution in [3.63, 3.8) is 0 Å². The number of carboxylic acid groups (broad SMARTS) is 2. The summed E-state index contributed by atoms with van der Waals surface area (Å²) in [5.74, 6) is -1.46. The second-order valence-electron chi connectivity index (χ2n) is 5.10. The minimum absolute atomic E-state index is 0.174. The predicted molar refractivity (Wildman–Crippen MR) is 74.0 cm³/mol. The Morgan fingerprint density at radius 1 is 0.737 bits per heavy atom. The number of aliphatic carboxylic acids is 2. The molecule has 0 heterocycles. The van der Waals surface area contributed by atoms with Gasteiger partial charge < -0.3 is 15.9 Å². The molecule has 1 atom stereocenters. The second-order valence-corrected chi connectivity index (χ2v) is 5.10.